The summed E-state index contributed by atoms with van der Waals surface area (Å²) in [6, 6.07) is 0. The maximum Gasteiger partial charge on any atom is 0.333 e. The minimum atomic E-state index is -0.404. The molecule has 8 heteroatoms. The lowest BCUT2D eigenvalue weighted by atomic mass is 10.2. The monoisotopic (exact) mass is 406 g/mol. The number of esters is 1. The fraction of sp³-hybridized carbons (Fsp3) is 0.850. The Hall–Kier alpha value is -1.03. The smallest absolute Gasteiger partial charge is 0.333 e. The molecule has 166 valence electrons. The lowest BCUT2D eigenvalue weighted by molar-refractivity contribution is -0.140. The van der Waals surface area contributed by atoms with Gasteiger partial charge in [0.1, 0.15) is 6.61 Å². The van der Waals surface area contributed by atoms with Crippen LogP contribution < -0.4 is 0 Å². The van der Waals surface area contributed by atoms with Crippen molar-refractivity contribution in [3.63, 3.8) is 0 Å². The topological polar surface area (TPSA) is 81.7 Å². The second-order valence-electron chi connectivity index (χ2n) is 6.94. The SMILES string of the molecule is C=C(C)C(=O)OCCOCCOCCOCCOCCOCCOC(C)(C)C. The summed E-state index contributed by atoms with van der Waals surface area (Å²) < 4.78 is 37.3. The molecule has 0 unspecified atom stereocenters. The van der Waals surface area contributed by atoms with Crippen molar-refractivity contribution in [3.05, 3.63) is 12.2 Å². The van der Waals surface area contributed by atoms with Gasteiger partial charge in [-0.15, -0.1) is 0 Å². The van der Waals surface area contributed by atoms with Gasteiger partial charge < -0.3 is 33.2 Å². The largest absolute Gasteiger partial charge is 0.460 e. The Morgan fingerprint density at radius 2 is 0.964 bits per heavy atom. The Bertz CT molecular complexity index is 392. The molecule has 0 rings (SSSR count). The highest BCUT2D eigenvalue weighted by atomic mass is 16.6. The molecule has 28 heavy (non-hydrogen) atoms. The van der Waals surface area contributed by atoms with E-state index in [1.165, 1.54) is 0 Å². The van der Waals surface area contributed by atoms with Crippen molar-refractivity contribution in [2.75, 3.05) is 79.3 Å². The van der Waals surface area contributed by atoms with E-state index in [2.05, 4.69) is 6.58 Å². The van der Waals surface area contributed by atoms with Crippen molar-refractivity contribution in [2.45, 2.75) is 33.3 Å². The summed E-state index contributed by atoms with van der Waals surface area (Å²) >= 11 is 0. The molecule has 8 nitrogen and oxygen atoms in total. The maximum atomic E-state index is 11.1. The van der Waals surface area contributed by atoms with Gasteiger partial charge in [0.15, 0.2) is 0 Å². The van der Waals surface area contributed by atoms with E-state index in [1.807, 2.05) is 20.8 Å². The first-order valence-electron chi connectivity index (χ1n) is 9.68. The van der Waals surface area contributed by atoms with Gasteiger partial charge in [-0.3, -0.25) is 0 Å². The molecule has 0 aromatic rings. The summed E-state index contributed by atoms with van der Waals surface area (Å²) in [4.78, 5) is 11.1. The highest BCUT2D eigenvalue weighted by molar-refractivity contribution is 5.86. The highest BCUT2D eigenvalue weighted by Gasteiger charge is 2.08. The van der Waals surface area contributed by atoms with E-state index in [-0.39, 0.29) is 12.2 Å². The summed E-state index contributed by atoms with van der Waals surface area (Å²) in [5.74, 6) is -0.404. The second kappa shape index (κ2) is 18.0. The van der Waals surface area contributed by atoms with Crippen molar-refractivity contribution in [1.82, 2.24) is 0 Å². The van der Waals surface area contributed by atoms with E-state index >= 15 is 0 Å². The molecule has 0 atom stereocenters. The molecule has 0 spiro atoms. The summed E-state index contributed by atoms with van der Waals surface area (Å²) in [6.07, 6.45) is 0. The molecule has 0 radical (unpaired) electrons. The lowest BCUT2D eigenvalue weighted by Crippen LogP contribution is -2.22. The van der Waals surface area contributed by atoms with Crippen LogP contribution in [0, 0.1) is 0 Å². The molecule has 0 saturated heterocycles. The highest BCUT2D eigenvalue weighted by Crippen LogP contribution is 2.05. The predicted molar refractivity (Wildman–Crippen MR) is 106 cm³/mol. The van der Waals surface area contributed by atoms with E-state index < -0.39 is 5.97 Å². The van der Waals surface area contributed by atoms with Gasteiger partial charge >= 0.3 is 5.97 Å². The normalized spacial score (nSPS) is 11.6. The number of carbonyl (C=O) groups is 1. The van der Waals surface area contributed by atoms with Gasteiger partial charge in [0.2, 0.25) is 0 Å². The minimum absolute atomic E-state index is 0.130. The molecule has 0 fully saturated rings. The standard InChI is InChI=1S/C20H38O8/c1-18(2)19(21)27-16-14-25-12-10-23-8-6-22-7-9-24-11-13-26-15-17-28-20(3,4)5/h1,6-17H2,2-5H3. The Morgan fingerprint density at radius 1 is 0.643 bits per heavy atom. The number of carbonyl (C=O) groups excluding carboxylic acids is 1. The molecule has 0 bridgehead atoms. The average molecular weight is 407 g/mol. The van der Waals surface area contributed by atoms with E-state index in [9.17, 15) is 4.79 Å². The molecule has 0 aromatic carbocycles. The van der Waals surface area contributed by atoms with Gasteiger partial charge in [-0.25, -0.2) is 4.79 Å². The average Bonchev–Trinajstić information content (AvgIpc) is 2.62. The first kappa shape index (κ1) is 27.0. The molecule has 0 saturated carbocycles. The molecular formula is C20H38O8. The predicted octanol–water partition coefficient (Wildman–Crippen LogP) is 2.00. The van der Waals surface area contributed by atoms with Gasteiger partial charge in [0.05, 0.1) is 78.3 Å². The van der Waals surface area contributed by atoms with Crippen LogP contribution >= 0.6 is 0 Å². The third kappa shape index (κ3) is 21.3. The van der Waals surface area contributed by atoms with Gasteiger partial charge in [-0.2, -0.15) is 0 Å². The zero-order valence-corrected chi connectivity index (χ0v) is 18.0. The van der Waals surface area contributed by atoms with E-state index in [4.69, 9.17) is 33.2 Å². The van der Waals surface area contributed by atoms with E-state index in [1.54, 1.807) is 6.92 Å². The van der Waals surface area contributed by atoms with Crippen LogP contribution in [-0.2, 0) is 38.0 Å². The molecule has 0 amide bonds. The van der Waals surface area contributed by atoms with Crippen molar-refractivity contribution in [3.8, 4) is 0 Å². The summed E-state index contributed by atoms with van der Waals surface area (Å²) in [6.45, 7) is 16.9. The second-order valence-corrected chi connectivity index (χ2v) is 6.94. The maximum absolute atomic E-state index is 11.1. The minimum Gasteiger partial charge on any atom is -0.460 e. The molecule has 0 aliphatic carbocycles. The van der Waals surface area contributed by atoms with Crippen molar-refractivity contribution >= 4 is 5.97 Å². The summed E-state index contributed by atoms with van der Waals surface area (Å²) in [5.41, 5.74) is 0.249. The third-order valence-electron chi connectivity index (χ3n) is 3.06. The Morgan fingerprint density at radius 3 is 1.29 bits per heavy atom. The summed E-state index contributed by atoms with van der Waals surface area (Å²) in [7, 11) is 0. The van der Waals surface area contributed by atoms with Crippen LogP contribution in [0.15, 0.2) is 12.2 Å². The van der Waals surface area contributed by atoms with Gasteiger partial charge in [0.25, 0.3) is 0 Å². The quantitative estimate of drug-likeness (QED) is 0.183. The summed E-state index contributed by atoms with van der Waals surface area (Å²) in [5, 5.41) is 0. The van der Waals surface area contributed by atoms with Crippen LogP contribution in [-0.4, -0.2) is 90.9 Å². The number of hydrogen-bond donors (Lipinski definition) is 0. The first-order valence-corrected chi connectivity index (χ1v) is 9.68. The van der Waals surface area contributed by atoms with Crippen molar-refractivity contribution in [2.24, 2.45) is 0 Å². The van der Waals surface area contributed by atoms with Gasteiger partial charge in [-0.1, -0.05) is 6.58 Å². The van der Waals surface area contributed by atoms with Gasteiger partial charge in [-0.05, 0) is 27.7 Å². The van der Waals surface area contributed by atoms with Crippen LogP contribution in [0.5, 0.6) is 0 Å². The van der Waals surface area contributed by atoms with Gasteiger partial charge in [0, 0.05) is 5.57 Å². The van der Waals surface area contributed by atoms with Crippen LogP contribution in [0.25, 0.3) is 0 Å². The molecular weight excluding hydrogens is 368 g/mol. The Kier molecular flexibility index (Phi) is 17.4. The van der Waals surface area contributed by atoms with Crippen LogP contribution in [0.2, 0.25) is 0 Å². The van der Waals surface area contributed by atoms with Crippen molar-refractivity contribution < 1.29 is 38.0 Å². The molecule has 0 aliphatic rings. The third-order valence-corrected chi connectivity index (χ3v) is 3.06. The number of rotatable bonds is 19. The number of ether oxygens (including phenoxy) is 7. The molecule has 0 N–H and O–H groups in total. The van der Waals surface area contributed by atoms with Crippen LogP contribution in [0.1, 0.15) is 27.7 Å². The zero-order chi connectivity index (χ0) is 21.1. The fourth-order valence-electron chi connectivity index (χ4n) is 1.70. The zero-order valence-electron chi connectivity index (χ0n) is 18.0. The van der Waals surface area contributed by atoms with Crippen molar-refractivity contribution in [1.29, 1.82) is 0 Å². The van der Waals surface area contributed by atoms with Crippen LogP contribution in [0.3, 0.4) is 0 Å². The van der Waals surface area contributed by atoms with Crippen LogP contribution in [0.4, 0.5) is 0 Å². The Balaban J connectivity index is 3.10. The first-order chi connectivity index (χ1) is 13.3. The Labute approximate surface area is 169 Å². The van der Waals surface area contributed by atoms with E-state index in [0.29, 0.717) is 78.2 Å². The van der Waals surface area contributed by atoms with E-state index in [0.717, 1.165) is 0 Å². The molecule has 0 aliphatic heterocycles. The number of hydrogen-bond acceptors (Lipinski definition) is 8. The molecule has 0 aromatic heterocycles. The fourth-order valence-corrected chi connectivity index (χ4v) is 1.70. The lowest BCUT2D eigenvalue weighted by Gasteiger charge is -2.19. The molecule has 0 heterocycles.